The molecule has 0 bridgehead atoms. The second kappa shape index (κ2) is 6.17. The van der Waals surface area contributed by atoms with E-state index in [1.807, 2.05) is 44.2 Å². The van der Waals surface area contributed by atoms with Crippen molar-refractivity contribution in [2.24, 2.45) is 0 Å². The van der Waals surface area contributed by atoms with Crippen molar-refractivity contribution in [3.05, 3.63) is 57.1 Å². The smallest absolute Gasteiger partial charge is 0.146 e. The Labute approximate surface area is 131 Å². The average molecular weight is 360 g/mol. The van der Waals surface area contributed by atoms with Gasteiger partial charge in [-0.1, -0.05) is 45.2 Å². The number of alkyl halides is 1. The van der Waals surface area contributed by atoms with E-state index < -0.39 is 0 Å². The summed E-state index contributed by atoms with van der Waals surface area (Å²) in [6, 6.07) is 9.52. The lowest BCUT2D eigenvalue weighted by molar-refractivity contribution is 0.475. The van der Waals surface area contributed by atoms with Gasteiger partial charge >= 0.3 is 0 Å². The lowest BCUT2D eigenvalue weighted by Crippen LogP contribution is -1.92. The zero-order valence-electron chi connectivity index (χ0n) is 10.6. The van der Waals surface area contributed by atoms with E-state index in [4.69, 9.17) is 27.9 Å². The molecule has 0 saturated carbocycles. The van der Waals surface area contributed by atoms with Crippen LogP contribution in [0.2, 0.25) is 10.0 Å². The Bertz CT molecular complexity index is 588. The van der Waals surface area contributed by atoms with Crippen molar-refractivity contribution in [3.63, 3.8) is 0 Å². The minimum absolute atomic E-state index is 0.603. The molecule has 0 atom stereocenters. The maximum absolute atomic E-state index is 6.22. The first-order valence-corrected chi connectivity index (χ1v) is 7.68. The monoisotopic (exact) mass is 358 g/mol. The Morgan fingerprint density at radius 1 is 1.05 bits per heavy atom. The first-order chi connectivity index (χ1) is 9.01. The maximum atomic E-state index is 6.22. The molecule has 0 unspecified atom stereocenters. The third-order valence-corrected chi connectivity index (χ3v) is 3.95. The Kier molecular flexibility index (Phi) is 4.77. The van der Waals surface area contributed by atoms with Crippen LogP contribution in [0.1, 0.15) is 16.7 Å². The number of ether oxygens (including phenoxy) is 1. The fourth-order valence-electron chi connectivity index (χ4n) is 1.88. The van der Waals surface area contributed by atoms with E-state index in [9.17, 15) is 0 Å². The predicted molar refractivity (Wildman–Crippen MR) is 85.1 cm³/mol. The number of benzene rings is 2. The van der Waals surface area contributed by atoms with Gasteiger partial charge in [-0.15, -0.1) is 0 Å². The number of hydrogen-bond acceptors (Lipinski definition) is 1. The van der Waals surface area contributed by atoms with Crippen molar-refractivity contribution in [1.29, 1.82) is 0 Å². The van der Waals surface area contributed by atoms with Gasteiger partial charge in [-0.3, -0.25) is 0 Å². The Hall–Kier alpha value is -0.700. The normalized spacial score (nSPS) is 10.6. The minimum Gasteiger partial charge on any atom is -0.455 e. The summed E-state index contributed by atoms with van der Waals surface area (Å²) in [6.45, 7) is 3.93. The van der Waals surface area contributed by atoms with Gasteiger partial charge in [-0.25, -0.2) is 0 Å². The van der Waals surface area contributed by atoms with Crippen LogP contribution >= 0.6 is 39.1 Å². The number of aryl methyl sites for hydroxylation is 2. The molecular formula is C15H13BrCl2O. The lowest BCUT2D eigenvalue weighted by Gasteiger charge is -2.13. The van der Waals surface area contributed by atoms with Gasteiger partial charge in [0.25, 0.3) is 0 Å². The van der Waals surface area contributed by atoms with Crippen LogP contribution in [0, 0.1) is 13.8 Å². The first-order valence-electron chi connectivity index (χ1n) is 5.80. The topological polar surface area (TPSA) is 9.23 Å². The van der Waals surface area contributed by atoms with Crippen LogP contribution in [0.15, 0.2) is 30.3 Å². The molecule has 2 rings (SSSR count). The number of rotatable bonds is 3. The summed E-state index contributed by atoms with van der Waals surface area (Å²) in [7, 11) is 0. The Morgan fingerprint density at radius 2 is 1.68 bits per heavy atom. The highest BCUT2D eigenvalue weighted by Crippen LogP contribution is 2.35. The van der Waals surface area contributed by atoms with Crippen molar-refractivity contribution in [3.8, 4) is 11.5 Å². The van der Waals surface area contributed by atoms with E-state index in [2.05, 4.69) is 15.9 Å². The number of halogens is 3. The molecule has 0 N–H and O–H groups in total. The van der Waals surface area contributed by atoms with E-state index in [0.29, 0.717) is 15.8 Å². The average Bonchev–Trinajstić information content (AvgIpc) is 2.35. The third-order valence-electron chi connectivity index (χ3n) is 2.79. The van der Waals surface area contributed by atoms with E-state index in [1.165, 1.54) is 0 Å². The molecule has 0 amide bonds. The SMILES string of the molecule is Cc1cc(Cl)cc(C)c1Oc1ccc(CBr)cc1Cl. The lowest BCUT2D eigenvalue weighted by atomic mass is 10.1. The molecular weight excluding hydrogens is 347 g/mol. The van der Waals surface area contributed by atoms with Gasteiger partial charge in [0.15, 0.2) is 0 Å². The van der Waals surface area contributed by atoms with Gasteiger partial charge in [0, 0.05) is 10.4 Å². The zero-order valence-corrected chi connectivity index (χ0v) is 13.7. The van der Waals surface area contributed by atoms with Gasteiger partial charge in [0.1, 0.15) is 11.5 Å². The number of hydrogen-bond donors (Lipinski definition) is 0. The second-order valence-electron chi connectivity index (χ2n) is 4.37. The molecule has 0 saturated heterocycles. The third kappa shape index (κ3) is 3.44. The fraction of sp³-hybridized carbons (Fsp3) is 0.200. The highest BCUT2D eigenvalue weighted by Gasteiger charge is 2.10. The molecule has 19 heavy (non-hydrogen) atoms. The van der Waals surface area contributed by atoms with Gasteiger partial charge in [0.05, 0.1) is 5.02 Å². The summed E-state index contributed by atoms with van der Waals surface area (Å²) < 4.78 is 5.92. The van der Waals surface area contributed by atoms with Gasteiger partial charge in [-0.2, -0.15) is 0 Å². The van der Waals surface area contributed by atoms with E-state index >= 15 is 0 Å². The molecule has 0 fully saturated rings. The molecule has 0 radical (unpaired) electrons. The molecule has 100 valence electrons. The predicted octanol–water partition coefficient (Wildman–Crippen LogP) is 6.30. The Morgan fingerprint density at radius 3 is 2.21 bits per heavy atom. The molecule has 0 aliphatic heterocycles. The van der Waals surface area contributed by atoms with Gasteiger partial charge in [0.2, 0.25) is 0 Å². The fourth-order valence-corrected chi connectivity index (χ4v) is 2.80. The minimum atomic E-state index is 0.603. The molecule has 0 aliphatic carbocycles. The summed E-state index contributed by atoms with van der Waals surface area (Å²) in [5.41, 5.74) is 3.10. The summed E-state index contributed by atoms with van der Waals surface area (Å²) in [5.74, 6) is 1.46. The van der Waals surface area contributed by atoms with Crippen molar-refractivity contribution in [2.45, 2.75) is 19.2 Å². The molecule has 2 aromatic carbocycles. The molecule has 4 heteroatoms. The maximum Gasteiger partial charge on any atom is 0.146 e. The van der Waals surface area contributed by atoms with Crippen molar-refractivity contribution in [1.82, 2.24) is 0 Å². The van der Waals surface area contributed by atoms with E-state index in [-0.39, 0.29) is 0 Å². The van der Waals surface area contributed by atoms with Crippen LogP contribution < -0.4 is 4.74 Å². The van der Waals surface area contributed by atoms with Crippen molar-refractivity contribution >= 4 is 39.1 Å². The Balaban J connectivity index is 2.36. The second-order valence-corrected chi connectivity index (χ2v) is 5.77. The quantitative estimate of drug-likeness (QED) is 0.584. The molecule has 2 aromatic rings. The standard InChI is InChI=1S/C15H13BrCl2O/c1-9-5-12(17)6-10(2)15(9)19-14-4-3-11(8-16)7-13(14)18/h3-7H,8H2,1-2H3. The summed E-state index contributed by atoms with van der Waals surface area (Å²) in [4.78, 5) is 0. The summed E-state index contributed by atoms with van der Waals surface area (Å²) in [5, 5.41) is 2.08. The van der Waals surface area contributed by atoms with Crippen LogP contribution in [0.3, 0.4) is 0 Å². The van der Waals surface area contributed by atoms with E-state index in [0.717, 1.165) is 27.8 Å². The van der Waals surface area contributed by atoms with Crippen LogP contribution in [-0.4, -0.2) is 0 Å². The van der Waals surface area contributed by atoms with Crippen molar-refractivity contribution in [2.75, 3.05) is 0 Å². The summed E-state index contributed by atoms with van der Waals surface area (Å²) >= 11 is 15.6. The zero-order chi connectivity index (χ0) is 14.0. The van der Waals surface area contributed by atoms with E-state index in [1.54, 1.807) is 0 Å². The molecule has 0 spiro atoms. The van der Waals surface area contributed by atoms with Gasteiger partial charge in [-0.05, 0) is 54.8 Å². The molecule has 0 aromatic heterocycles. The van der Waals surface area contributed by atoms with Crippen LogP contribution in [-0.2, 0) is 5.33 Å². The van der Waals surface area contributed by atoms with Crippen LogP contribution in [0.25, 0.3) is 0 Å². The van der Waals surface area contributed by atoms with Crippen LogP contribution in [0.5, 0.6) is 11.5 Å². The largest absolute Gasteiger partial charge is 0.455 e. The van der Waals surface area contributed by atoms with Crippen LogP contribution in [0.4, 0.5) is 0 Å². The molecule has 1 nitrogen and oxygen atoms in total. The van der Waals surface area contributed by atoms with Crippen molar-refractivity contribution < 1.29 is 4.74 Å². The first kappa shape index (κ1) is 14.7. The molecule has 0 aliphatic rings. The highest BCUT2D eigenvalue weighted by molar-refractivity contribution is 9.08. The summed E-state index contributed by atoms with van der Waals surface area (Å²) in [6.07, 6.45) is 0. The molecule has 0 heterocycles. The van der Waals surface area contributed by atoms with Gasteiger partial charge < -0.3 is 4.74 Å². The highest BCUT2D eigenvalue weighted by atomic mass is 79.9.